The van der Waals surface area contributed by atoms with E-state index in [1.807, 2.05) is 13.0 Å². The maximum Gasteiger partial charge on any atom is 0.244 e. The van der Waals surface area contributed by atoms with E-state index in [0.29, 0.717) is 22.9 Å². The van der Waals surface area contributed by atoms with Crippen molar-refractivity contribution >= 4 is 39.1 Å². The molecule has 0 aromatic heterocycles. The third-order valence-electron chi connectivity index (χ3n) is 2.90. The van der Waals surface area contributed by atoms with Gasteiger partial charge in [0.2, 0.25) is 10.9 Å². The number of nitrogens with zero attached hydrogens (tertiary/aromatic N) is 1. The Labute approximate surface area is 138 Å². The quantitative estimate of drug-likeness (QED) is 0.766. The lowest BCUT2D eigenvalue weighted by molar-refractivity contribution is -0.107. The van der Waals surface area contributed by atoms with Gasteiger partial charge in [-0.25, -0.2) is 4.99 Å². The molecule has 0 radical (unpaired) electrons. The van der Waals surface area contributed by atoms with Gasteiger partial charge >= 0.3 is 0 Å². The average molecular weight is 339 g/mol. The first-order valence-electron chi connectivity index (χ1n) is 6.58. The second-order valence-corrected chi connectivity index (χ2v) is 6.63. The number of carbonyl (C=O) groups is 1. The standard InChI is InChI=1S/C15H17NO4S2/c1-5-21-15-16-10(14(17)22-15)8-9-6-7-11(18-2)13(20-4)12(9)19-3/h6-8H,5H2,1-4H3/b10-8-. The number of rotatable bonds is 5. The van der Waals surface area contributed by atoms with Crippen molar-refractivity contribution in [3.8, 4) is 17.2 Å². The summed E-state index contributed by atoms with van der Waals surface area (Å²) in [6, 6.07) is 3.58. The van der Waals surface area contributed by atoms with Gasteiger partial charge in [0.05, 0.1) is 21.3 Å². The van der Waals surface area contributed by atoms with Crippen LogP contribution in [0.3, 0.4) is 0 Å². The van der Waals surface area contributed by atoms with Gasteiger partial charge in [-0.05, 0) is 35.7 Å². The molecule has 1 aromatic carbocycles. The zero-order chi connectivity index (χ0) is 16.1. The van der Waals surface area contributed by atoms with Crippen molar-refractivity contribution in [1.82, 2.24) is 0 Å². The van der Waals surface area contributed by atoms with E-state index >= 15 is 0 Å². The first-order valence-corrected chi connectivity index (χ1v) is 8.39. The van der Waals surface area contributed by atoms with Gasteiger partial charge in [-0.2, -0.15) is 0 Å². The summed E-state index contributed by atoms with van der Waals surface area (Å²) in [7, 11) is 4.65. The van der Waals surface area contributed by atoms with Gasteiger partial charge in [0.15, 0.2) is 11.5 Å². The average Bonchev–Trinajstić information content (AvgIpc) is 2.86. The first kappa shape index (κ1) is 16.8. The van der Waals surface area contributed by atoms with Crippen LogP contribution in [-0.4, -0.2) is 36.6 Å². The Kier molecular flexibility index (Phi) is 5.79. The minimum atomic E-state index is -0.0622. The molecule has 0 aliphatic carbocycles. The van der Waals surface area contributed by atoms with Gasteiger partial charge in [0, 0.05) is 5.56 Å². The Hall–Kier alpha value is -1.60. The molecule has 0 unspecified atom stereocenters. The number of ether oxygens (including phenoxy) is 3. The lowest BCUT2D eigenvalue weighted by atomic mass is 10.1. The summed E-state index contributed by atoms with van der Waals surface area (Å²) < 4.78 is 16.8. The Balaban J connectivity index is 2.45. The molecule has 1 heterocycles. The summed E-state index contributed by atoms with van der Waals surface area (Å²) in [5.41, 5.74) is 1.13. The molecular weight excluding hydrogens is 322 g/mol. The zero-order valence-corrected chi connectivity index (χ0v) is 14.5. The van der Waals surface area contributed by atoms with Crippen molar-refractivity contribution in [3.05, 3.63) is 23.4 Å². The number of methoxy groups -OCH3 is 3. The fraction of sp³-hybridized carbons (Fsp3) is 0.333. The minimum absolute atomic E-state index is 0.0622. The van der Waals surface area contributed by atoms with Gasteiger partial charge in [-0.15, -0.1) is 0 Å². The van der Waals surface area contributed by atoms with Crippen LogP contribution < -0.4 is 14.2 Å². The highest BCUT2D eigenvalue weighted by Gasteiger charge is 2.23. The molecule has 5 nitrogen and oxygen atoms in total. The summed E-state index contributed by atoms with van der Waals surface area (Å²) in [5, 5.41) is -0.0622. The Bertz CT molecular complexity index is 641. The van der Waals surface area contributed by atoms with E-state index in [1.54, 1.807) is 45.2 Å². The molecule has 1 aliphatic heterocycles. The van der Waals surface area contributed by atoms with E-state index in [4.69, 9.17) is 14.2 Å². The molecule has 0 saturated heterocycles. The highest BCUT2D eigenvalue weighted by molar-refractivity contribution is 8.45. The van der Waals surface area contributed by atoms with Gasteiger partial charge < -0.3 is 14.2 Å². The number of hydrogen-bond donors (Lipinski definition) is 0. The molecule has 118 valence electrons. The van der Waals surface area contributed by atoms with Crippen LogP contribution >= 0.6 is 23.5 Å². The van der Waals surface area contributed by atoms with Crippen molar-refractivity contribution in [2.24, 2.45) is 4.99 Å². The molecule has 1 aromatic rings. The molecule has 0 spiro atoms. The third-order valence-corrected chi connectivity index (χ3v) is 4.79. The van der Waals surface area contributed by atoms with Crippen molar-refractivity contribution in [2.75, 3.05) is 27.1 Å². The second kappa shape index (κ2) is 7.60. The lowest BCUT2D eigenvalue weighted by Gasteiger charge is -2.14. The maximum absolute atomic E-state index is 12.0. The summed E-state index contributed by atoms with van der Waals surface area (Å²) in [4.78, 5) is 16.4. The van der Waals surface area contributed by atoms with Crippen LogP contribution in [0.15, 0.2) is 22.8 Å². The van der Waals surface area contributed by atoms with Crippen molar-refractivity contribution in [1.29, 1.82) is 0 Å². The van der Waals surface area contributed by atoms with E-state index in [-0.39, 0.29) is 5.12 Å². The molecule has 0 bridgehead atoms. The Morgan fingerprint density at radius 1 is 1.18 bits per heavy atom. The van der Waals surface area contributed by atoms with Crippen LogP contribution in [0.1, 0.15) is 12.5 Å². The fourth-order valence-corrected chi connectivity index (χ4v) is 3.70. The predicted octanol–water partition coefficient (Wildman–Crippen LogP) is 3.44. The topological polar surface area (TPSA) is 57.1 Å². The Morgan fingerprint density at radius 3 is 2.50 bits per heavy atom. The molecule has 2 rings (SSSR count). The third kappa shape index (κ3) is 3.41. The van der Waals surface area contributed by atoms with Crippen molar-refractivity contribution in [3.63, 3.8) is 0 Å². The Morgan fingerprint density at radius 2 is 1.91 bits per heavy atom. The van der Waals surface area contributed by atoms with Crippen LogP contribution in [0.2, 0.25) is 0 Å². The van der Waals surface area contributed by atoms with Crippen LogP contribution in [0.25, 0.3) is 6.08 Å². The summed E-state index contributed by atoms with van der Waals surface area (Å²) >= 11 is 2.71. The van der Waals surface area contributed by atoms with Gasteiger partial charge in [0.1, 0.15) is 10.1 Å². The maximum atomic E-state index is 12.0. The van der Waals surface area contributed by atoms with Crippen molar-refractivity contribution < 1.29 is 19.0 Å². The van der Waals surface area contributed by atoms with E-state index in [0.717, 1.165) is 27.5 Å². The number of carbonyl (C=O) groups excluding carboxylic acids is 1. The van der Waals surface area contributed by atoms with Crippen LogP contribution in [0, 0.1) is 0 Å². The molecule has 0 saturated carbocycles. The van der Waals surface area contributed by atoms with Crippen molar-refractivity contribution in [2.45, 2.75) is 6.92 Å². The number of aliphatic imine (C=N–C) groups is 1. The van der Waals surface area contributed by atoms with E-state index < -0.39 is 0 Å². The molecule has 0 fully saturated rings. The smallest absolute Gasteiger partial charge is 0.244 e. The molecule has 0 amide bonds. The largest absolute Gasteiger partial charge is 0.493 e. The normalized spacial score (nSPS) is 15.9. The van der Waals surface area contributed by atoms with Gasteiger partial charge in [-0.3, -0.25) is 4.79 Å². The first-order chi connectivity index (χ1) is 10.6. The lowest BCUT2D eigenvalue weighted by Crippen LogP contribution is -1.97. The summed E-state index contributed by atoms with van der Waals surface area (Å²) in [6.07, 6.45) is 1.71. The van der Waals surface area contributed by atoms with E-state index in [9.17, 15) is 4.79 Å². The monoisotopic (exact) mass is 339 g/mol. The van der Waals surface area contributed by atoms with Gasteiger partial charge in [-0.1, -0.05) is 18.7 Å². The van der Waals surface area contributed by atoms with E-state index in [2.05, 4.69) is 4.99 Å². The van der Waals surface area contributed by atoms with Crippen LogP contribution in [-0.2, 0) is 4.79 Å². The van der Waals surface area contributed by atoms with Crippen LogP contribution in [0.5, 0.6) is 17.2 Å². The molecule has 0 atom stereocenters. The second-order valence-electron chi connectivity index (χ2n) is 4.15. The SMILES string of the molecule is CCSC1=N/C(=C\c2ccc(OC)c(OC)c2OC)C(=O)S1. The van der Waals surface area contributed by atoms with E-state index in [1.165, 1.54) is 0 Å². The molecule has 1 aliphatic rings. The number of thioether (sulfide) groups is 2. The summed E-state index contributed by atoms with van der Waals surface area (Å²) in [5.74, 6) is 2.45. The fourth-order valence-electron chi connectivity index (χ4n) is 1.96. The zero-order valence-electron chi connectivity index (χ0n) is 12.8. The van der Waals surface area contributed by atoms with Gasteiger partial charge in [0.25, 0.3) is 0 Å². The highest BCUT2D eigenvalue weighted by atomic mass is 32.2. The minimum Gasteiger partial charge on any atom is -0.493 e. The molecule has 7 heteroatoms. The highest BCUT2D eigenvalue weighted by Crippen LogP contribution is 2.41. The molecule has 0 N–H and O–H groups in total. The van der Waals surface area contributed by atoms with Crippen LogP contribution in [0.4, 0.5) is 0 Å². The summed E-state index contributed by atoms with van der Waals surface area (Å²) in [6.45, 7) is 2.03. The number of benzene rings is 1. The molecule has 22 heavy (non-hydrogen) atoms. The molecular formula is C15H17NO4S2. The predicted molar refractivity (Wildman–Crippen MR) is 92.2 cm³/mol. The number of hydrogen-bond acceptors (Lipinski definition) is 7.